The normalized spacial score (nSPS) is 30.9. The van der Waals surface area contributed by atoms with E-state index in [0.29, 0.717) is 18.8 Å². The van der Waals surface area contributed by atoms with Crippen molar-refractivity contribution in [2.24, 2.45) is 0 Å². The van der Waals surface area contributed by atoms with E-state index in [9.17, 15) is 9.50 Å². The van der Waals surface area contributed by atoms with E-state index in [0.717, 1.165) is 5.56 Å². The minimum absolute atomic E-state index is 0.216. The summed E-state index contributed by atoms with van der Waals surface area (Å²) in [5.41, 5.74) is 0.400. The molecule has 0 unspecified atom stereocenters. The zero-order valence-electron chi connectivity index (χ0n) is 7.91. The van der Waals surface area contributed by atoms with Crippen molar-refractivity contribution in [1.82, 2.24) is 0 Å². The number of rotatable bonds is 2. The molecule has 1 N–H and O–H groups in total. The quantitative estimate of drug-likeness (QED) is 0.714. The van der Waals surface area contributed by atoms with Crippen molar-refractivity contribution in [2.45, 2.75) is 24.4 Å². The Balaban J connectivity index is 2.06. The van der Waals surface area contributed by atoms with Gasteiger partial charge in [0, 0.05) is 0 Å². The highest BCUT2D eigenvalue weighted by molar-refractivity contribution is 5.26. The number of hydrogen-bond acceptors (Lipinski definition) is 1. The van der Waals surface area contributed by atoms with E-state index >= 15 is 0 Å². The van der Waals surface area contributed by atoms with Gasteiger partial charge in [0.2, 0.25) is 0 Å². The highest BCUT2D eigenvalue weighted by atomic mass is 19.1. The summed E-state index contributed by atoms with van der Waals surface area (Å²) in [5, 5.41) is 9.71. The van der Waals surface area contributed by atoms with Gasteiger partial charge >= 0.3 is 0 Å². The first kappa shape index (κ1) is 9.41. The molecule has 0 aliphatic heterocycles. The third-order valence-corrected chi connectivity index (χ3v) is 2.92. The van der Waals surface area contributed by atoms with E-state index in [-0.39, 0.29) is 5.82 Å². The Morgan fingerprint density at radius 2 is 1.93 bits per heavy atom. The zero-order valence-corrected chi connectivity index (χ0v) is 7.91. The average Bonchev–Trinajstić information content (AvgIpc) is 2.15. The second kappa shape index (κ2) is 3.21. The predicted octanol–water partition coefficient (Wildman–Crippen LogP) is 2.62. The van der Waals surface area contributed by atoms with Gasteiger partial charge in [-0.1, -0.05) is 18.2 Å². The van der Waals surface area contributed by atoms with Crippen LogP contribution in [-0.2, 0) is 0 Å². The van der Waals surface area contributed by atoms with Crippen LogP contribution in [0.4, 0.5) is 4.39 Å². The summed E-state index contributed by atoms with van der Waals surface area (Å²) in [7, 11) is 0. The van der Waals surface area contributed by atoms with Gasteiger partial charge in [0.25, 0.3) is 0 Å². The third-order valence-electron chi connectivity index (χ3n) is 2.92. The smallest absolute Gasteiger partial charge is 0.123 e. The van der Waals surface area contributed by atoms with E-state index in [2.05, 4.69) is 6.58 Å². The van der Waals surface area contributed by atoms with Crippen LogP contribution in [0.15, 0.2) is 36.9 Å². The SMILES string of the molecule is C=CC1(O)CC(c2ccc(F)cc2)C1. The van der Waals surface area contributed by atoms with Gasteiger partial charge in [-0.3, -0.25) is 0 Å². The van der Waals surface area contributed by atoms with Crippen molar-refractivity contribution in [3.8, 4) is 0 Å². The molecule has 1 aromatic carbocycles. The van der Waals surface area contributed by atoms with Gasteiger partial charge in [-0.2, -0.15) is 0 Å². The van der Waals surface area contributed by atoms with Gasteiger partial charge in [0.1, 0.15) is 5.82 Å². The molecule has 14 heavy (non-hydrogen) atoms. The van der Waals surface area contributed by atoms with Crippen LogP contribution in [0.25, 0.3) is 0 Å². The molecule has 2 rings (SSSR count). The molecule has 0 spiro atoms. The molecule has 1 aliphatic rings. The number of aliphatic hydroxyl groups is 1. The van der Waals surface area contributed by atoms with Crippen molar-refractivity contribution >= 4 is 0 Å². The Labute approximate surface area is 82.9 Å². The standard InChI is InChI=1S/C12H13FO/c1-2-12(14)7-10(8-12)9-3-5-11(13)6-4-9/h2-6,10,14H,1,7-8H2. The summed E-state index contributed by atoms with van der Waals surface area (Å²) in [6.45, 7) is 3.59. The molecular formula is C12H13FO. The number of hydrogen-bond donors (Lipinski definition) is 1. The number of benzene rings is 1. The lowest BCUT2D eigenvalue weighted by atomic mass is 9.68. The van der Waals surface area contributed by atoms with Gasteiger partial charge in [0.05, 0.1) is 5.60 Å². The van der Waals surface area contributed by atoms with Crippen molar-refractivity contribution in [2.75, 3.05) is 0 Å². The van der Waals surface area contributed by atoms with Gasteiger partial charge in [-0.15, -0.1) is 6.58 Å². The van der Waals surface area contributed by atoms with Crippen LogP contribution in [0.3, 0.4) is 0 Å². The van der Waals surface area contributed by atoms with Crippen molar-refractivity contribution in [1.29, 1.82) is 0 Å². The van der Waals surface area contributed by atoms with E-state index < -0.39 is 5.60 Å². The molecule has 1 saturated carbocycles. The molecule has 0 bridgehead atoms. The lowest BCUT2D eigenvalue weighted by Crippen LogP contribution is -2.40. The Morgan fingerprint density at radius 1 is 1.36 bits per heavy atom. The van der Waals surface area contributed by atoms with Crippen LogP contribution >= 0.6 is 0 Å². The molecule has 74 valence electrons. The molecule has 1 nitrogen and oxygen atoms in total. The maximum absolute atomic E-state index is 12.6. The van der Waals surface area contributed by atoms with Crippen LogP contribution in [0, 0.1) is 5.82 Å². The molecule has 0 radical (unpaired) electrons. The lowest BCUT2D eigenvalue weighted by Gasteiger charge is -2.41. The molecular weight excluding hydrogens is 179 g/mol. The molecule has 2 heteroatoms. The van der Waals surface area contributed by atoms with Crippen molar-refractivity contribution < 1.29 is 9.50 Å². The second-order valence-electron chi connectivity index (χ2n) is 3.96. The van der Waals surface area contributed by atoms with Crippen LogP contribution in [-0.4, -0.2) is 10.7 Å². The van der Waals surface area contributed by atoms with Crippen molar-refractivity contribution in [3.05, 3.63) is 48.3 Å². The topological polar surface area (TPSA) is 20.2 Å². The molecule has 0 atom stereocenters. The lowest BCUT2D eigenvalue weighted by molar-refractivity contribution is -0.00313. The Morgan fingerprint density at radius 3 is 2.43 bits per heavy atom. The summed E-state index contributed by atoms with van der Waals surface area (Å²) < 4.78 is 12.6. The Kier molecular flexibility index (Phi) is 2.16. The fraction of sp³-hybridized carbons (Fsp3) is 0.333. The summed E-state index contributed by atoms with van der Waals surface area (Å²) in [5.74, 6) is 0.130. The highest BCUT2D eigenvalue weighted by Gasteiger charge is 2.40. The second-order valence-corrected chi connectivity index (χ2v) is 3.96. The Bertz CT molecular complexity index is 336. The van der Waals surface area contributed by atoms with E-state index in [1.165, 1.54) is 12.1 Å². The fourth-order valence-electron chi connectivity index (χ4n) is 1.93. The van der Waals surface area contributed by atoms with Gasteiger partial charge < -0.3 is 5.11 Å². The summed E-state index contributed by atoms with van der Waals surface area (Å²) in [4.78, 5) is 0. The molecule has 0 heterocycles. The monoisotopic (exact) mass is 192 g/mol. The minimum Gasteiger partial charge on any atom is -0.386 e. The Hall–Kier alpha value is -1.15. The fourth-order valence-corrected chi connectivity index (χ4v) is 1.93. The van der Waals surface area contributed by atoms with Crippen LogP contribution in [0.2, 0.25) is 0 Å². The van der Waals surface area contributed by atoms with Crippen LogP contribution < -0.4 is 0 Å². The minimum atomic E-state index is -0.695. The first-order valence-corrected chi connectivity index (χ1v) is 4.74. The summed E-state index contributed by atoms with van der Waals surface area (Å²) in [6, 6.07) is 6.48. The first-order valence-electron chi connectivity index (χ1n) is 4.74. The van der Waals surface area contributed by atoms with Gasteiger partial charge in [-0.25, -0.2) is 4.39 Å². The molecule has 0 amide bonds. The third kappa shape index (κ3) is 1.58. The highest BCUT2D eigenvalue weighted by Crippen LogP contribution is 2.45. The summed E-state index contributed by atoms with van der Waals surface area (Å²) >= 11 is 0. The summed E-state index contributed by atoms with van der Waals surface area (Å²) in [6.07, 6.45) is 2.98. The molecule has 0 saturated heterocycles. The van der Waals surface area contributed by atoms with Crippen molar-refractivity contribution in [3.63, 3.8) is 0 Å². The van der Waals surface area contributed by atoms with Crippen LogP contribution in [0.1, 0.15) is 24.3 Å². The van der Waals surface area contributed by atoms with E-state index in [1.807, 2.05) is 0 Å². The largest absolute Gasteiger partial charge is 0.386 e. The maximum atomic E-state index is 12.6. The zero-order chi connectivity index (χ0) is 10.2. The van der Waals surface area contributed by atoms with E-state index in [4.69, 9.17) is 0 Å². The number of halogens is 1. The van der Waals surface area contributed by atoms with E-state index in [1.54, 1.807) is 18.2 Å². The van der Waals surface area contributed by atoms with Crippen LogP contribution in [0.5, 0.6) is 0 Å². The maximum Gasteiger partial charge on any atom is 0.123 e. The first-order chi connectivity index (χ1) is 6.63. The van der Waals surface area contributed by atoms with Gasteiger partial charge in [-0.05, 0) is 36.5 Å². The molecule has 1 aromatic rings. The molecule has 1 aliphatic carbocycles. The predicted molar refractivity (Wildman–Crippen MR) is 53.5 cm³/mol. The molecule has 1 fully saturated rings. The van der Waals surface area contributed by atoms with Gasteiger partial charge in [0.15, 0.2) is 0 Å². The molecule has 0 aromatic heterocycles. The average molecular weight is 192 g/mol.